The van der Waals surface area contributed by atoms with Crippen LogP contribution in [0.3, 0.4) is 0 Å². The van der Waals surface area contributed by atoms with E-state index in [0.717, 1.165) is 5.56 Å². The van der Waals surface area contributed by atoms with Gasteiger partial charge in [-0.25, -0.2) is 4.39 Å². The minimum atomic E-state index is -0.424. The van der Waals surface area contributed by atoms with Crippen LogP contribution in [0, 0.1) is 5.82 Å². The molecular weight excluding hydrogens is 375 g/mol. The van der Waals surface area contributed by atoms with Crippen molar-refractivity contribution in [3.05, 3.63) is 59.4 Å². The molecule has 7 nitrogen and oxygen atoms in total. The van der Waals surface area contributed by atoms with Gasteiger partial charge in [-0.2, -0.15) is 0 Å². The van der Waals surface area contributed by atoms with Crippen LogP contribution in [-0.4, -0.2) is 43.7 Å². The van der Waals surface area contributed by atoms with Crippen LogP contribution < -0.4 is 20.7 Å². The lowest BCUT2D eigenvalue weighted by atomic mass is 10.1. The smallest absolute Gasteiger partial charge is 0.255 e. The van der Waals surface area contributed by atoms with E-state index in [1.54, 1.807) is 30.3 Å². The Labute approximate surface area is 170 Å². The molecule has 0 heterocycles. The van der Waals surface area contributed by atoms with Crippen molar-refractivity contribution in [2.45, 2.75) is 19.9 Å². The highest BCUT2D eigenvalue weighted by Crippen LogP contribution is 2.21. The molecule has 2 aromatic carbocycles. The molecule has 0 spiro atoms. The molecule has 0 aliphatic rings. The fourth-order valence-corrected chi connectivity index (χ4v) is 2.66. The molecule has 29 heavy (non-hydrogen) atoms. The van der Waals surface area contributed by atoms with Gasteiger partial charge in [-0.3, -0.25) is 9.79 Å². The summed E-state index contributed by atoms with van der Waals surface area (Å²) in [6, 6.07) is 11.0. The summed E-state index contributed by atoms with van der Waals surface area (Å²) < 4.78 is 18.9. The number of phenolic OH excluding ortho intramolecular Hbond substituents is 1. The number of rotatable bonds is 8. The molecule has 2 aromatic rings. The summed E-state index contributed by atoms with van der Waals surface area (Å²) in [4.78, 5) is 16.5. The van der Waals surface area contributed by atoms with Crippen LogP contribution >= 0.6 is 0 Å². The number of carbonyl (C=O) groups is 1. The van der Waals surface area contributed by atoms with Crippen LogP contribution in [-0.2, 0) is 0 Å². The van der Waals surface area contributed by atoms with Gasteiger partial charge in [-0.1, -0.05) is 18.2 Å². The maximum atomic E-state index is 13.9. The van der Waals surface area contributed by atoms with Gasteiger partial charge in [0.05, 0.1) is 25.3 Å². The number of amides is 1. The van der Waals surface area contributed by atoms with E-state index in [0.29, 0.717) is 25.6 Å². The molecule has 1 amide bonds. The molecule has 0 bridgehead atoms. The van der Waals surface area contributed by atoms with E-state index >= 15 is 0 Å². The molecule has 0 radical (unpaired) electrons. The molecule has 0 fully saturated rings. The molecule has 0 saturated carbocycles. The topological polar surface area (TPSA) is 95.0 Å². The van der Waals surface area contributed by atoms with Gasteiger partial charge in [-0.05, 0) is 43.7 Å². The number of carbonyl (C=O) groups excluding carboxylic acids is 1. The lowest BCUT2D eigenvalue weighted by Gasteiger charge is -2.18. The van der Waals surface area contributed by atoms with E-state index in [1.807, 2.05) is 13.8 Å². The number of benzene rings is 2. The van der Waals surface area contributed by atoms with Gasteiger partial charge < -0.3 is 25.8 Å². The number of nitrogens with zero attached hydrogens (tertiary/aromatic N) is 1. The average Bonchev–Trinajstić information content (AvgIpc) is 2.71. The number of nitrogens with one attached hydrogen (secondary N) is 3. The second kappa shape index (κ2) is 10.9. The van der Waals surface area contributed by atoms with Crippen LogP contribution in [0.4, 0.5) is 4.39 Å². The number of hydrogen-bond donors (Lipinski definition) is 4. The zero-order valence-corrected chi connectivity index (χ0v) is 16.8. The third-order valence-electron chi connectivity index (χ3n) is 4.19. The van der Waals surface area contributed by atoms with Crippen molar-refractivity contribution < 1.29 is 19.0 Å². The number of ether oxygens (including phenoxy) is 1. The molecule has 4 N–H and O–H groups in total. The summed E-state index contributed by atoms with van der Waals surface area (Å²) in [6.07, 6.45) is 0. The van der Waals surface area contributed by atoms with Crippen molar-refractivity contribution in [3.8, 4) is 11.5 Å². The number of phenols is 1. The fraction of sp³-hybridized carbons (Fsp3) is 0.333. The maximum Gasteiger partial charge on any atom is 0.255 e. The van der Waals surface area contributed by atoms with Crippen molar-refractivity contribution in [2.75, 3.05) is 26.7 Å². The van der Waals surface area contributed by atoms with Crippen molar-refractivity contribution >= 4 is 11.9 Å². The first-order valence-corrected chi connectivity index (χ1v) is 9.40. The van der Waals surface area contributed by atoms with E-state index in [9.17, 15) is 14.3 Å². The third-order valence-corrected chi connectivity index (χ3v) is 4.19. The first-order valence-electron chi connectivity index (χ1n) is 9.40. The van der Waals surface area contributed by atoms with Crippen LogP contribution in [0.1, 0.15) is 35.8 Å². The van der Waals surface area contributed by atoms with Crippen molar-refractivity contribution in [3.63, 3.8) is 0 Å². The van der Waals surface area contributed by atoms with Crippen LogP contribution in [0.2, 0.25) is 0 Å². The monoisotopic (exact) mass is 402 g/mol. The zero-order valence-electron chi connectivity index (χ0n) is 16.8. The van der Waals surface area contributed by atoms with Crippen molar-refractivity contribution in [1.29, 1.82) is 0 Å². The van der Waals surface area contributed by atoms with E-state index in [-0.39, 0.29) is 29.0 Å². The predicted molar refractivity (Wildman–Crippen MR) is 111 cm³/mol. The quantitative estimate of drug-likeness (QED) is 0.309. The molecule has 0 aromatic heterocycles. The van der Waals surface area contributed by atoms with Crippen molar-refractivity contribution in [1.82, 2.24) is 16.0 Å². The Morgan fingerprint density at radius 2 is 2.00 bits per heavy atom. The summed E-state index contributed by atoms with van der Waals surface area (Å²) >= 11 is 0. The third kappa shape index (κ3) is 6.38. The van der Waals surface area contributed by atoms with Gasteiger partial charge in [-0.15, -0.1) is 0 Å². The summed E-state index contributed by atoms with van der Waals surface area (Å²) in [5, 5.41) is 18.8. The Hall–Kier alpha value is -3.29. The standard InChI is InChI=1S/C21H27FN4O3/c1-4-23-21(26-14(2)15-9-10-19(29-3)17(22)13-15)25-12-11-24-20(28)16-7-5-6-8-18(16)27/h5-10,13-14,27H,4,11-12H2,1-3H3,(H,24,28)(H2,23,25,26). The summed E-state index contributed by atoms with van der Waals surface area (Å²) in [5.41, 5.74) is 0.971. The molecule has 1 atom stereocenters. The highest BCUT2D eigenvalue weighted by Gasteiger charge is 2.12. The van der Waals surface area contributed by atoms with Gasteiger partial charge in [0.15, 0.2) is 17.5 Å². The Balaban J connectivity index is 1.92. The highest BCUT2D eigenvalue weighted by atomic mass is 19.1. The molecule has 0 aliphatic carbocycles. The lowest BCUT2D eigenvalue weighted by Crippen LogP contribution is -2.39. The SMILES string of the molecule is CCNC(=NCCNC(=O)c1ccccc1O)NC(C)c1ccc(OC)c(F)c1. The van der Waals surface area contributed by atoms with E-state index in [1.165, 1.54) is 19.2 Å². The molecule has 1 unspecified atom stereocenters. The fourth-order valence-electron chi connectivity index (χ4n) is 2.66. The Bertz CT molecular complexity index is 858. The predicted octanol–water partition coefficient (Wildman–Crippen LogP) is 2.59. The largest absolute Gasteiger partial charge is 0.507 e. The van der Waals surface area contributed by atoms with Crippen LogP contribution in [0.25, 0.3) is 0 Å². The maximum absolute atomic E-state index is 13.9. The first-order chi connectivity index (χ1) is 14.0. The van der Waals surface area contributed by atoms with E-state index in [4.69, 9.17) is 4.74 Å². The number of methoxy groups -OCH3 is 1. The molecule has 0 saturated heterocycles. The number of guanidine groups is 1. The Morgan fingerprint density at radius 1 is 1.24 bits per heavy atom. The Kier molecular flexibility index (Phi) is 8.27. The molecule has 2 rings (SSSR count). The van der Waals surface area contributed by atoms with Crippen LogP contribution in [0.5, 0.6) is 11.5 Å². The molecule has 156 valence electrons. The number of para-hydroxylation sites is 1. The van der Waals surface area contributed by atoms with Gasteiger partial charge in [0, 0.05) is 13.1 Å². The highest BCUT2D eigenvalue weighted by molar-refractivity contribution is 5.96. The number of aromatic hydroxyl groups is 1. The van der Waals surface area contributed by atoms with Gasteiger partial charge >= 0.3 is 0 Å². The molecule has 0 aliphatic heterocycles. The zero-order chi connectivity index (χ0) is 21.2. The summed E-state index contributed by atoms with van der Waals surface area (Å²) in [7, 11) is 1.42. The molecular formula is C21H27FN4O3. The minimum Gasteiger partial charge on any atom is -0.507 e. The summed E-state index contributed by atoms with van der Waals surface area (Å²) in [5.74, 6) is -0.107. The second-order valence-electron chi connectivity index (χ2n) is 6.29. The second-order valence-corrected chi connectivity index (χ2v) is 6.29. The minimum absolute atomic E-state index is 0.0657. The molecule has 8 heteroatoms. The van der Waals surface area contributed by atoms with Gasteiger partial charge in [0.25, 0.3) is 5.91 Å². The summed E-state index contributed by atoms with van der Waals surface area (Å²) in [6.45, 7) is 5.12. The van der Waals surface area contributed by atoms with Gasteiger partial charge in [0.2, 0.25) is 0 Å². The number of hydrogen-bond acceptors (Lipinski definition) is 4. The van der Waals surface area contributed by atoms with E-state index < -0.39 is 5.82 Å². The first kappa shape index (κ1) is 22.0. The number of halogens is 1. The van der Waals surface area contributed by atoms with Crippen molar-refractivity contribution in [2.24, 2.45) is 4.99 Å². The van der Waals surface area contributed by atoms with Crippen LogP contribution in [0.15, 0.2) is 47.5 Å². The average molecular weight is 402 g/mol. The normalized spacial score (nSPS) is 12.2. The Morgan fingerprint density at radius 3 is 2.66 bits per heavy atom. The lowest BCUT2D eigenvalue weighted by molar-refractivity contribution is 0.0952. The van der Waals surface area contributed by atoms with E-state index in [2.05, 4.69) is 20.9 Å². The number of aliphatic imine (C=N–C) groups is 1. The van der Waals surface area contributed by atoms with Gasteiger partial charge in [0.1, 0.15) is 5.75 Å².